The highest BCUT2D eigenvalue weighted by molar-refractivity contribution is 5.92. The minimum absolute atomic E-state index is 0.0765. The van der Waals surface area contributed by atoms with Crippen LogP contribution in [0.25, 0.3) is 0 Å². The molecular formula is C14H16N4O4. The maximum atomic E-state index is 12.3. The fourth-order valence-corrected chi connectivity index (χ4v) is 2.49. The molecule has 1 fully saturated rings. The lowest BCUT2D eigenvalue weighted by Crippen LogP contribution is -2.36. The third-order valence-corrected chi connectivity index (χ3v) is 3.51. The summed E-state index contributed by atoms with van der Waals surface area (Å²) in [6.45, 7) is 2.03. The van der Waals surface area contributed by atoms with Gasteiger partial charge in [-0.15, -0.1) is 0 Å². The van der Waals surface area contributed by atoms with Crippen LogP contribution in [-0.4, -0.2) is 52.2 Å². The van der Waals surface area contributed by atoms with Crippen LogP contribution in [0, 0.1) is 5.92 Å². The standard InChI is InChI=1S/C14H16N4O4/c19-13-6-11(15-9-16-13)5-10-7-18(2-4-21-8-10)14(20)12-1-3-22-17-12/h1,3,6,9-10H,2,4-5,7-8H2,(H,15,16,19)/t10-/m0/s1. The number of aromatic nitrogens is 3. The van der Waals surface area contributed by atoms with Gasteiger partial charge in [0.05, 0.1) is 19.5 Å². The number of amides is 1. The van der Waals surface area contributed by atoms with E-state index in [-0.39, 0.29) is 23.1 Å². The number of carbonyl (C=O) groups is 1. The van der Waals surface area contributed by atoms with Gasteiger partial charge in [0, 0.05) is 36.8 Å². The molecule has 1 saturated heterocycles. The van der Waals surface area contributed by atoms with E-state index in [1.165, 1.54) is 18.7 Å². The first-order valence-corrected chi connectivity index (χ1v) is 7.03. The Labute approximate surface area is 126 Å². The number of nitrogens with zero attached hydrogens (tertiary/aromatic N) is 3. The Hall–Kier alpha value is -2.48. The predicted octanol–water partition coefficient (Wildman–Crippen LogP) is 0.0892. The minimum Gasteiger partial charge on any atom is -0.379 e. The van der Waals surface area contributed by atoms with Gasteiger partial charge in [-0.05, 0) is 6.42 Å². The van der Waals surface area contributed by atoms with Crippen molar-refractivity contribution in [3.05, 3.63) is 46.5 Å². The summed E-state index contributed by atoms with van der Waals surface area (Å²) in [7, 11) is 0. The van der Waals surface area contributed by atoms with Crippen LogP contribution in [0.3, 0.4) is 0 Å². The summed E-state index contributed by atoms with van der Waals surface area (Å²) in [5.41, 5.74) is 0.790. The molecule has 0 spiro atoms. The summed E-state index contributed by atoms with van der Waals surface area (Å²) < 4.78 is 10.3. The Morgan fingerprint density at radius 1 is 1.50 bits per heavy atom. The maximum absolute atomic E-state index is 12.3. The Morgan fingerprint density at radius 2 is 2.41 bits per heavy atom. The number of hydrogen-bond donors (Lipinski definition) is 1. The van der Waals surface area contributed by atoms with E-state index in [2.05, 4.69) is 15.1 Å². The Morgan fingerprint density at radius 3 is 3.18 bits per heavy atom. The average Bonchev–Trinajstić information content (AvgIpc) is 2.94. The number of ether oxygens (including phenoxy) is 1. The molecule has 8 heteroatoms. The van der Waals surface area contributed by atoms with Crippen molar-refractivity contribution in [2.24, 2.45) is 5.92 Å². The van der Waals surface area contributed by atoms with Crippen LogP contribution in [0.2, 0.25) is 0 Å². The summed E-state index contributed by atoms with van der Waals surface area (Å²) in [5.74, 6) is -0.101. The molecule has 0 unspecified atom stereocenters. The van der Waals surface area contributed by atoms with Crippen LogP contribution in [0.1, 0.15) is 16.2 Å². The minimum atomic E-state index is -0.185. The number of carbonyl (C=O) groups excluding carboxylic acids is 1. The highest BCUT2D eigenvalue weighted by Crippen LogP contribution is 2.14. The van der Waals surface area contributed by atoms with E-state index in [1.807, 2.05) is 0 Å². The fourth-order valence-electron chi connectivity index (χ4n) is 2.49. The molecule has 8 nitrogen and oxygen atoms in total. The first kappa shape index (κ1) is 14.5. The van der Waals surface area contributed by atoms with Crippen molar-refractivity contribution in [2.45, 2.75) is 6.42 Å². The predicted molar refractivity (Wildman–Crippen MR) is 75.3 cm³/mol. The Kier molecular flexibility index (Phi) is 4.29. The second-order valence-corrected chi connectivity index (χ2v) is 5.18. The molecule has 0 aliphatic carbocycles. The molecule has 1 aliphatic rings. The zero-order valence-corrected chi connectivity index (χ0v) is 11.9. The second kappa shape index (κ2) is 6.52. The number of nitrogens with one attached hydrogen (secondary N) is 1. The van der Waals surface area contributed by atoms with E-state index >= 15 is 0 Å². The highest BCUT2D eigenvalue weighted by atomic mass is 16.5. The summed E-state index contributed by atoms with van der Waals surface area (Å²) in [5, 5.41) is 3.68. The van der Waals surface area contributed by atoms with E-state index in [4.69, 9.17) is 9.26 Å². The molecule has 2 aromatic heterocycles. The van der Waals surface area contributed by atoms with Gasteiger partial charge in [-0.3, -0.25) is 9.59 Å². The number of H-pyrrole nitrogens is 1. The van der Waals surface area contributed by atoms with E-state index in [0.29, 0.717) is 38.4 Å². The molecule has 0 aromatic carbocycles. The summed E-state index contributed by atoms with van der Waals surface area (Å²) in [6, 6.07) is 3.01. The molecule has 0 bridgehead atoms. The lowest BCUT2D eigenvalue weighted by atomic mass is 10.0. The van der Waals surface area contributed by atoms with Gasteiger partial charge in [0.15, 0.2) is 5.69 Å². The van der Waals surface area contributed by atoms with Crippen LogP contribution in [0.4, 0.5) is 0 Å². The van der Waals surface area contributed by atoms with E-state index in [0.717, 1.165) is 0 Å². The molecule has 0 radical (unpaired) electrons. The van der Waals surface area contributed by atoms with Crippen molar-refractivity contribution in [2.75, 3.05) is 26.3 Å². The molecule has 116 valence electrons. The molecule has 22 heavy (non-hydrogen) atoms. The third-order valence-electron chi connectivity index (χ3n) is 3.51. The zero-order chi connectivity index (χ0) is 15.4. The normalized spacial score (nSPS) is 18.9. The Bertz CT molecular complexity index is 682. The van der Waals surface area contributed by atoms with Gasteiger partial charge >= 0.3 is 0 Å². The van der Waals surface area contributed by atoms with E-state index in [9.17, 15) is 9.59 Å². The van der Waals surface area contributed by atoms with E-state index < -0.39 is 0 Å². The van der Waals surface area contributed by atoms with Gasteiger partial charge in [-0.2, -0.15) is 0 Å². The highest BCUT2D eigenvalue weighted by Gasteiger charge is 2.25. The lowest BCUT2D eigenvalue weighted by molar-refractivity contribution is 0.0727. The van der Waals surface area contributed by atoms with E-state index in [1.54, 1.807) is 11.0 Å². The molecule has 1 N–H and O–H groups in total. The topological polar surface area (TPSA) is 101 Å². The monoisotopic (exact) mass is 304 g/mol. The quantitative estimate of drug-likeness (QED) is 0.862. The smallest absolute Gasteiger partial charge is 0.276 e. The van der Waals surface area contributed by atoms with Gasteiger partial charge in [0.2, 0.25) is 0 Å². The number of aromatic amines is 1. The molecule has 0 saturated carbocycles. The van der Waals surface area contributed by atoms with Gasteiger partial charge < -0.3 is 19.1 Å². The van der Waals surface area contributed by atoms with Crippen LogP contribution >= 0.6 is 0 Å². The van der Waals surface area contributed by atoms with Gasteiger partial charge in [0.1, 0.15) is 6.26 Å². The molecule has 1 atom stereocenters. The lowest BCUT2D eigenvalue weighted by Gasteiger charge is -2.22. The molecular weight excluding hydrogens is 288 g/mol. The third kappa shape index (κ3) is 3.40. The van der Waals surface area contributed by atoms with Gasteiger partial charge in [0.25, 0.3) is 11.5 Å². The van der Waals surface area contributed by atoms with Crippen molar-refractivity contribution in [1.29, 1.82) is 0 Å². The maximum Gasteiger partial charge on any atom is 0.276 e. The molecule has 3 rings (SSSR count). The molecule has 3 heterocycles. The van der Waals surface area contributed by atoms with Crippen LogP contribution in [0.5, 0.6) is 0 Å². The SMILES string of the molecule is O=C(c1ccon1)N1CCOC[C@@H](Cc2cc(=O)[nH]cn2)C1. The largest absolute Gasteiger partial charge is 0.379 e. The van der Waals surface area contributed by atoms with Crippen LogP contribution in [-0.2, 0) is 11.2 Å². The van der Waals surface area contributed by atoms with Gasteiger partial charge in [-0.25, -0.2) is 4.98 Å². The second-order valence-electron chi connectivity index (χ2n) is 5.18. The summed E-state index contributed by atoms with van der Waals surface area (Å²) in [6.07, 6.45) is 3.33. The van der Waals surface area contributed by atoms with Crippen molar-refractivity contribution in [3.63, 3.8) is 0 Å². The summed E-state index contributed by atoms with van der Waals surface area (Å²) >= 11 is 0. The molecule has 1 aliphatic heterocycles. The van der Waals surface area contributed by atoms with Crippen molar-refractivity contribution >= 4 is 5.91 Å². The number of hydrogen-bond acceptors (Lipinski definition) is 6. The number of rotatable bonds is 3. The van der Waals surface area contributed by atoms with Gasteiger partial charge in [-0.1, -0.05) is 5.16 Å². The first-order valence-electron chi connectivity index (χ1n) is 7.03. The summed E-state index contributed by atoms with van der Waals surface area (Å²) in [4.78, 5) is 32.0. The molecule has 2 aromatic rings. The van der Waals surface area contributed by atoms with Crippen molar-refractivity contribution < 1.29 is 14.1 Å². The Balaban J connectivity index is 1.70. The van der Waals surface area contributed by atoms with Crippen LogP contribution in [0.15, 0.2) is 34.0 Å². The molecule has 1 amide bonds. The first-order chi connectivity index (χ1) is 10.7. The fraction of sp³-hybridized carbons (Fsp3) is 0.429. The average molecular weight is 304 g/mol. The van der Waals surface area contributed by atoms with Crippen LogP contribution < -0.4 is 5.56 Å². The van der Waals surface area contributed by atoms with Crippen molar-refractivity contribution in [1.82, 2.24) is 20.0 Å². The zero-order valence-electron chi connectivity index (χ0n) is 11.9. The van der Waals surface area contributed by atoms with Crippen molar-refractivity contribution in [3.8, 4) is 0 Å².